The fourth-order valence-corrected chi connectivity index (χ4v) is 2.27. The molecule has 0 bridgehead atoms. The Hall–Kier alpha value is -1.14. The number of nitrogens with two attached hydrogens (primary N) is 1. The number of carboxylic acids is 1. The van der Waals surface area contributed by atoms with Crippen LogP contribution in [0, 0.1) is 5.92 Å². The van der Waals surface area contributed by atoms with Crippen molar-refractivity contribution in [2.75, 3.05) is 20.1 Å². The lowest BCUT2D eigenvalue weighted by molar-refractivity contribution is -0.137. The molecule has 6 nitrogen and oxygen atoms in total. The number of hydrogen-bond donors (Lipinski definition) is 3. The van der Waals surface area contributed by atoms with Gasteiger partial charge < -0.3 is 21.1 Å². The van der Waals surface area contributed by atoms with Crippen LogP contribution < -0.4 is 11.1 Å². The standard InChI is InChI=1S/C12H23N3O3/c1-8-7-15(2)6-5-10(8)14-12(18)9(13)3-4-11(16)17/h8-10H,3-7,13H2,1-2H3,(H,14,18)(H,16,17). The molecule has 1 aliphatic heterocycles. The summed E-state index contributed by atoms with van der Waals surface area (Å²) in [4.78, 5) is 24.5. The van der Waals surface area contributed by atoms with Crippen molar-refractivity contribution in [3.8, 4) is 0 Å². The van der Waals surface area contributed by atoms with Crippen LogP contribution in [0.4, 0.5) is 0 Å². The summed E-state index contributed by atoms with van der Waals surface area (Å²) in [6, 6.07) is -0.586. The zero-order chi connectivity index (χ0) is 13.7. The maximum Gasteiger partial charge on any atom is 0.303 e. The van der Waals surface area contributed by atoms with E-state index >= 15 is 0 Å². The Kier molecular flexibility index (Phi) is 5.55. The number of piperidine rings is 1. The van der Waals surface area contributed by atoms with Gasteiger partial charge in [0.2, 0.25) is 5.91 Å². The first-order valence-corrected chi connectivity index (χ1v) is 6.36. The van der Waals surface area contributed by atoms with Crippen molar-refractivity contribution in [2.45, 2.75) is 38.3 Å². The van der Waals surface area contributed by atoms with E-state index in [2.05, 4.69) is 24.2 Å². The van der Waals surface area contributed by atoms with Crippen molar-refractivity contribution in [1.29, 1.82) is 0 Å². The molecule has 1 rings (SSSR count). The molecular weight excluding hydrogens is 234 g/mol. The van der Waals surface area contributed by atoms with Gasteiger partial charge >= 0.3 is 5.97 Å². The van der Waals surface area contributed by atoms with Gasteiger partial charge in [-0.1, -0.05) is 6.92 Å². The molecule has 3 unspecified atom stereocenters. The van der Waals surface area contributed by atoms with Gasteiger partial charge in [0.05, 0.1) is 6.04 Å². The Morgan fingerprint density at radius 2 is 2.22 bits per heavy atom. The van der Waals surface area contributed by atoms with E-state index in [1.54, 1.807) is 0 Å². The molecule has 0 radical (unpaired) electrons. The molecule has 0 saturated carbocycles. The van der Waals surface area contributed by atoms with Crippen molar-refractivity contribution in [1.82, 2.24) is 10.2 Å². The number of hydrogen-bond acceptors (Lipinski definition) is 4. The SMILES string of the molecule is CC1CN(C)CCC1NC(=O)C(N)CCC(=O)O. The number of aliphatic carboxylic acids is 1. The topological polar surface area (TPSA) is 95.7 Å². The Balaban J connectivity index is 2.37. The van der Waals surface area contributed by atoms with Crippen LogP contribution in [-0.2, 0) is 9.59 Å². The lowest BCUT2D eigenvalue weighted by atomic mass is 9.94. The van der Waals surface area contributed by atoms with Gasteiger partial charge in [-0.05, 0) is 32.4 Å². The van der Waals surface area contributed by atoms with Crippen molar-refractivity contribution in [2.24, 2.45) is 11.7 Å². The molecule has 0 spiro atoms. The van der Waals surface area contributed by atoms with Crippen LogP contribution in [0.1, 0.15) is 26.2 Å². The highest BCUT2D eigenvalue weighted by Gasteiger charge is 2.27. The third kappa shape index (κ3) is 4.62. The predicted molar refractivity (Wildman–Crippen MR) is 68.1 cm³/mol. The maximum absolute atomic E-state index is 11.8. The van der Waals surface area contributed by atoms with Gasteiger partial charge in [0.1, 0.15) is 0 Å². The third-order valence-corrected chi connectivity index (χ3v) is 3.44. The van der Waals surface area contributed by atoms with Crippen LogP contribution in [0.5, 0.6) is 0 Å². The van der Waals surface area contributed by atoms with Crippen LogP contribution in [0.25, 0.3) is 0 Å². The Morgan fingerprint density at radius 3 is 2.78 bits per heavy atom. The normalized spacial score (nSPS) is 26.6. The van der Waals surface area contributed by atoms with E-state index in [9.17, 15) is 9.59 Å². The van der Waals surface area contributed by atoms with Crippen LogP contribution in [-0.4, -0.2) is 54.1 Å². The molecule has 3 atom stereocenters. The molecule has 0 aromatic carbocycles. The number of likely N-dealkylation sites (tertiary alicyclic amines) is 1. The first kappa shape index (κ1) is 14.9. The summed E-state index contributed by atoms with van der Waals surface area (Å²) in [7, 11) is 2.06. The second-order valence-corrected chi connectivity index (χ2v) is 5.18. The van der Waals surface area contributed by atoms with Gasteiger partial charge in [-0.15, -0.1) is 0 Å². The van der Waals surface area contributed by atoms with E-state index < -0.39 is 12.0 Å². The lowest BCUT2D eigenvalue weighted by Gasteiger charge is -2.35. The highest BCUT2D eigenvalue weighted by Crippen LogP contribution is 2.15. The number of carbonyl (C=O) groups excluding carboxylic acids is 1. The van der Waals surface area contributed by atoms with Gasteiger partial charge in [-0.25, -0.2) is 0 Å². The second-order valence-electron chi connectivity index (χ2n) is 5.18. The van der Waals surface area contributed by atoms with Gasteiger partial charge in [0.15, 0.2) is 0 Å². The summed E-state index contributed by atoms with van der Waals surface area (Å²) >= 11 is 0. The summed E-state index contributed by atoms with van der Waals surface area (Å²) in [5, 5.41) is 11.5. The minimum absolute atomic E-state index is 0.0719. The maximum atomic E-state index is 11.8. The van der Waals surface area contributed by atoms with E-state index in [0.29, 0.717) is 5.92 Å². The van der Waals surface area contributed by atoms with Gasteiger partial charge in [-0.2, -0.15) is 0 Å². The fourth-order valence-electron chi connectivity index (χ4n) is 2.27. The minimum atomic E-state index is -0.925. The highest BCUT2D eigenvalue weighted by atomic mass is 16.4. The Morgan fingerprint density at radius 1 is 1.56 bits per heavy atom. The number of carboxylic acid groups (broad SMARTS) is 1. The number of carbonyl (C=O) groups is 2. The number of nitrogens with one attached hydrogen (secondary N) is 1. The van der Waals surface area contributed by atoms with Crippen LogP contribution in [0.15, 0.2) is 0 Å². The molecule has 0 aromatic heterocycles. The summed E-state index contributed by atoms with van der Waals surface area (Å²) < 4.78 is 0. The zero-order valence-corrected chi connectivity index (χ0v) is 11.1. The molecule has 104 valence electrons. The van der Waals surface area contributed by atoms with E-state index in [4.69, 9.17) is 10.8 Å². The largest absolute Gasteiger partial charge is 0.481 e. The molecule has 1 fully saturated rings. The summed E-state index contributed by atoms with van der Waals surface area (Å²) in [6.45, 7) is 4.01. The first-order chi connectivity index (χ1) is 8.40. The first-order valence-electron chi connectivity index (χ1n) is 6.36. The van der Waals surface area contributed by atoms with E-state index in [0.717, 1.165) is 19.5 Å². The Labute approximate surface area is 108 Å². The molecule has 6 heteroatoms. The average Bonchev–Trinajstić information content (AvgIpc) is 2.29. The summed E-state index contributed by atoms with van der Waals surface area (Å²) in [5.41, 5.74) is 5.67. The van der Waals surface area contributed by atoms with Crippen molar-refractivity contribution >= 4 is 11.9 Å². The zero-order valence-electron chi connectivity index (χ0n) is 11.1. The molecule has 18 heavy (non-hydrogen) atoms. The average molecular weight is 257 g/mol. The molecule has 1 aliphatic rings. The summed E-state index contributed by atoms with van der Waals surface area (Å²) in [6.07, 6.45) is 1.02. The minimum Gasteiger partial charge on any atom is -0.481 e. The van der Waals surface area contributed by atoms with Crippen molar-refractivity contribution < 1.29 is 14.7 Å². The number of rotatable bonds is 5. The molecule has 4 N–H and O–H groups in total. The van der Waals surface area contributed by atoms with Gasteiger partial charge in [0, 0.05) is 19.0 Å². The van der Waals surface area contributed by atoms with Crippen LogP contribution >= 0.6 is 0 Å². The molecule has 0 aromatic rings. The predicted octanol–water partition coefficient (Wildman–Crippen LogP) is -0.365. The second kappa shape index (κ2) is 6.70. The van der Waals surface area contributed by atoms with Crippen molar-refractivity contribution in [3.05, 3.63) is 0 Å². The van der Waals surface area contributed by atoms with E-state index in [1.807, 2.05) is 0 Å². The molecular formula is C12H23N3O3. The van der Waals surface area contributed by atoms with E-state index in [-0.39, 0.29) is 24.8 Å². The summed E-state index contributed by atoms with van der Waals surface area (Å²) in [5.74, 6) is -0.775. The molecule has 1 amide bonds. The fraction of sp³-hybridized carbons (Fsp3) is 0.833. The molecule has 0 aliphatic carbocycles. The van der Waals surface area contributed by atoms with Gasteiger partial charge in [-0.3, -0.25) is 9.59 Å². The molecule has 1 saturated heterocycles. The Bertz CT molecular complexity index is 309. The van der Waals surface area contributed by atoms with Crippen LogP contribution in [0.3, 0.4) is 0 Å². The monoisotopic (exact) mass is 257 g/mol. The van der Waals surface area contributed by atoms with E-state index in [1.165, 1.54) is 0 Å². The quantitative estimate of drug-likeness (QED) is 0.625. The lowest BCUT2D eigenvalue weighted by Crippen LogP contribution is -2.52. The number of nitrogens with zero attached hydrogens (tertiary/aromatic N) is 1. The third-order valence-electron chi connectivity index (χ3n) is 3.44. The van der Waals surface area contributed by atoms with Crippen molar-refractivity contribution in [3.63, 3.8) is 0 Å². The van der Waals surface area contributed by atoms with Gasteiger partial charge in [0.25, 0.3) is 0 Å². The highest BCUT2D eigenvalue weighted by molar-refractivity contribution is 5.82. The van der Waals surface area contributed by atoms with Crippen LogP contribution in [0.2, 0.25) is 0 Å². The molecule has 1 heterocycles. The number of amides is 1. The smallest absolute Gasteiger partial charge is 0.303 e.